The number of hydrogen-bond acceptors (Lipinski definition) is 0. The molecular formula is C30H27Cl3SiTi. The first kappa shape index (κ1) is 29.7. The third kappa shape index (κ3) is 5.27. The molecule has 4 aromatic rings. The summed E-state index contributed by atoms with van der Waals surface area (Å²) in [5.41, 5.74) is 7.19. The molecule has 5 heteroatoms. The third-order valence-electron chi connectivity index (χ3n) is 6.78. The Bertz CT molecular complexity index is 1240. The van der Waals surface area contributed by atoms with Gasteiger partial charge in [0.05, 0.1) is 0 Å². The number of fused-ring (bicyclic) bond motifs is 1. The van der Waals surface area contributed by atoms with E-state index >= 15 is 0 Å². The quantitative estimate of drug-likeness (QED) is 0.176. The fourth-order valence-electron chi connectivity index (χ4n) is 5.46. The first-order valence-corrected chi connectivity index (χ1v) is 14.1. The minimum Gasteiger partial charge on any atom is -1.00 e. The van der Waals surface area contributed by atoms with E-state index < -0.39 is 8.07 Å². The largest absolute Gasteiger partial charge is 1.00 e. The second kappa shape index (κ2) is 12.1. The monoisotopic (exact) mass is 568 g/mol. The van der Waals surface area contributed by atoms with Crippen LogP contribution in [0.3, 0.4) is 0 Å². The van der Waals surface area contributed by atoms with Crippen LogP contribution in [0.1, 0.15) is 33.4 Å². The molecule has 176 valence electrons. The standard InChI is InChI=1S/C30H27Si.3ClH.Ti/c1-22-9-6-13-26(19-22)31(27-14-7-10-23(2)20-27,28-15-8-11-24(3)21-28)30-18-17-25-12-4-5-16-29(25)30;;;;/h4-17,19-21,30H,1-3H3;3*1H;/q;;;;+3/p-3. The normalized spacial score (nSPS) is 14.1. The summed E-state index contributed by atoms with van der Waals surface area (Å²) in [6.07, 6.45) is 2.42. The van der Waals surface area contributed by atoms with Crippen LogP contribution in [0.15, 0.2) is 101 Å². The van der Waals surface area contributed by atoms with Crippen molar-refractivity contribution >= 4 is 29.7 Å². The van der Waals surface area contributed by atoms with Crippen molar-refractivity contribution in [1.29, 1.82) is 0 Å². The number of allylic oxidation sites excluding steroid dienone is 1. The van der Waals surface area contributed by atoms with Crippen molar-refractivity contribution in [3.63, 3.8) is 0 Å². The van der Waals surface area contributed by atoms with Crippen LogP contribution < -0.4 is 52.8 Å². The molecule has 0 spiro atoms. The fraction of sp³-hybridized carbons (Fsp3) is 0.133. The Balaban J connectivity index is 0.00000144. The van der Waals surface area contributed by atoms with Crippen molar-refractivity contribution in [2.24, 2.45) is 0 Å². The van der Waals surface area contributed by atoms with Crippen molar-refractivity contribution in [1.82, 2.24) is 0 Å². The van der Waals surface area contributed by atoms with Gasteiger partial charge in [0.2, 0.25) is 0 Å². The van der Waals surface area contributed by atoms with Gasteiger partial charge in [0.15, 0.2) is 0 Å². The Hall–Kier alpha value is -1.58. The van der Waals surface area contributed by atoms with Gasteiger partial charge >= 0.3 is 205 Å². The van der Waals surface area contributed by atoms with Gasteiger partial charge in [-0.1, -0.05) is 0 Å². The minimum absolute atomic E-state index is 0. The zero-order chi connectivity index (χ0) is 22.3. The van der Waals surface area contributed by atoms with Gasteiger partial charge in [-0.15, -0.1) is 0 Å². The van der Waals surface area contributed by atoms with Crippen LogP contribution in [0.4, 0.5) is 0 Å². The Kier molecular flexibility index (Phi) is 10.3. The average Bonchev–Trinajstić information content (AvgIpc) is 3.11. The van der Waals surface area contributed by atoms with E-state index in [4.69, 9.17) is 0 Å². The molecule has 0 aliphatic heterocycles. The molecule has 0 saturated carbocycles. The van der Waals surface area contributed by atoms with Gasteiger partial charge in [0.1, 0.15) is 0 Å². The van der Waals surface area contributed by atoms with Crippen LogP contribution in [0.5, 0.6) is 0 Å². The van der Waals surface area contributed by atoms with Gasteiger partial charge < -0.3 is 37.2 Å². The summed E-state index contributed by atoms with van der Waals surface area (Å²) in [5, 5.41) is 4.47. The van der Waals surface area contributed by atoms with Crippen LogP contribution in [-0.2, 0) is 20.4 Å². The first-order chi connectivity index (χ1) is 15.5. The summed E-state index contributed by atoms with van der Waals surface area (Å²) >= 11 is 2.34. The molecule has 0 radical (unpaired) electrons. The molecule has 35 heavy (non-hydrogen) atoms. The SMILES string of the molecule is Cc1cccc([Si](c2cccc(C)c2)(c2cccc(C)c2)C2[C]([Ti+3])=Cc3ccccc32)c1.[Cl-].[Cl-].[Cl-]. The van der Waals surface area contributed by atoms with E-state index in [9.17, 15) is 0 Å². The molecule has 0 N–H and O–H groups in total. The maximum absolute atomic E-state index is 2.47. The Labute approximate surface area is 240 Å². The number of aryl methyl sites for hydroxylation is 3. The molecule has 4 aromatic carbocycles. The molecule has 1 aliphatic carbocycles. The van der Waals surface area contributed by atoms with Gasteiger partial charge in [-0.05, 0) is 0 Å². The van der Waals surface area contributed by atoms with E-state index in [0.717, 1.165) is 0 Å². The second-order valence-corrected chi connectivity index (χ2v) is 13.9. The Morgan fingerprint density at radius 3 is 1.43 bits per heavy atom. The molecule has 1 atom stereocenters. The molecule has 0 amide bonds. The van der Waals surface area contributed by atoms with Crippen LogP contribution in [0.2, 0.25) is 0 Å². The van der Waals surface area contributed by atoms with Crippen LogP contribution >= 0.6 is 0 Å². The summed E-state index contributed by atoms with van der Waals surface area (Å²) in [4.78, 5) is 0. The van der Waals surface area contributed by atoms with Gasteiger partial charge in [-0.3, -0.25) is 0 Å². The van der Waals surface area contributed by atoms with Gasteiger partial charge in [-0.25, -0.2) is 0 Å². The van der Waals surface area contributed by atoms with Crippen molar-refractivity contribution in [2.45, 2.75) is 26.3 Å². The molecule has 0 bridgehead atoms. The van der Waals surface area contributed by atoms with E-state index in [-0.39, 0.29) is 37.2 Å². The summed E-state index contributed by atoms with van der Waals surface area (Å²) in [5.74, 6) is 0. The number of rotatable bonds is 4. The van der Waals surface area contributed by atoms with Crippen LogP contribution in [-0.4, -0.2) is 8.07 Å². The predicted molar refractivity (Wildman–Crippen MR) is 135 cm³/mol. The van der Waals surface area contributed by atoms with Gasteiger partial charge in [-0.2, -0.15) is 0 Å². The van der Waals surface area contributed by atoms with Crippen LogP contribution in [0.25, 0.3) is 6.08 Å². The Morgan fingerprint density at radius 2 is 1.00 bits per heavy atom. The molecule has 0 saturated heterocycles. The van der Waals surface area contributed by atoms with E-state index in [1.54, 1.807) is 0 Å². The molecule has 0 aromatic heterocycles. The molecule has 1 aliphatic rings. The molecule has 0 heterocycles. The van der Waals surface area contributed by atoms with E-state index in [0.29, 0.717) is 5.54 Å². The smallest absolute Gasteiger partial charge is 1.00 e. The molecular weight excluding hydrogens is 543 g/mol. The zero-order valence-electron chi connectivity index (χ0n) is 20.0. The summed E-state index contributed by atoms with van der Waals surface area (Å²) in [7, 11) is -2.47. The van der Waals surface area contributed by atoms with E-state index in [1.165, 1.54) is 47.3 Å². The zero-order valence-corrected chi connectivity index (χ0v) is 24.9. The van der Waals surface area contributed by atoms with Crippen molar-refractivity contribution in [3.05, 3.63) is 129 Å². The van der Waals surface area contributed by atoms with E-state index in [2.05, 4.69) is 144 Å². The maximum atomic E-state index is 2.45. The average molecular weight is 570 g/mol. The fourth-order valence-corrected chi connectivity index (χ4v) is 12.7. The molecule has 5 rings (SSSR count). The second-order valence-electron chi connectivity index (χ2n) is 9.08. The van der Waals surface area contributed by atoms with Gasteiger partial charge in [0.25, 0.3) is 0 Å². The Morgan fingerprint density at radius 1 is 0.571 bits per heavy atom. The van der Waals surface area contributed by atoms with Crippen LogP contribution in [0, 0.1) is 20.8 Å². The minimum atomic E-state index is -2.47. The summed E-state index contributed by atoms with van der Waals surface area (Å²) < 4.78 is 1.47. The summed E-state index contributed by atoms with van der Waals surface area (Å²) in [6, 6.07) is 36.9. The summed E-state index contributed by atoms with van der Waals surface area (Å²) in [6.45, 7) is 6.67. The number of hydrogen-bond donors (Lipinski definition) is 0. The number of benzene rings is 4. The van der Waals surface area contributed by atoms with Gasteiger partial charge in [0, 0.05) is 0 Å². The topological polar surface area (TPSA) is 0 Å². The van der Waals surface area contributed by atoms with Crippen molar-refractivity contribution in [2.75, 3.05) is 0 Å². The molecule has 1 unspecified atom stereocenters. The van der Waals surface area contributed by atoms with Crippen molar-refractivity contribution < 1.29 is 57.7 Å². The molecule has 0 nitrogen and oxygen atoms in total. The first-order valence-electron chi connectivity index (χ1n) is 11.2. The number of halogens is 3. The van der Waals surface area contributed by atoms with E-state index in [1.807, 2.05) is 0 Å². The predicted octanol–water partition coefficient (Wildman–Crippen LogP) is -3.68. The molecule has 0 fully saturated rings. The maximum Gasteiger partial charge on any atom is -1.00 e. The third-order valence-corrected chi connectivity index (χ3v) is 13.1. The van der Waals surface area contributed by atoms with Crippen molar-refractivity contribution in [3.8, 4) is 0 Å².